The van der Waals surface area contributed by atoms with E-state index < -0.39 is 10.0 Å². The Hall–Kier alpha value is -1.11. The van der Waals surface area contributed by atoms with Gasteiger partial charge in [-0.1, -0.05) is 25.1 Å². The molecule has 0 unspecified atom stereocenters. The summed E-state index contributed by atoms with van der Waals surface area (Å²) >= 11 is 0. The monoisotopic (exact) mass is 298 g/mol. The molecule has 0 bridgehead atoms. The average Bonchev–Trinajstić information content (AvgIpc) is 2.40. The summed E-state index contributed by atoms with van der Waals surface area (Å²) in [6.45, 7) is 3.94. The standard InChI is InChI=1S/C14H22N2O3S/c1-14(6-8-19-9-7-14)11-16-20(17,18)10-12-4-2-3-5-13(12)15/h2-5,16H,6-11,15H2,1H3. The van der Waals surface area contributed by atoms with Crippen LogP contribution in [-0.2, 0) is 20.5 Å². The second-order valence-corrected chi connectivity index (χ2v) is 7.51. The molecular formula is C14H22N2O3S. The van der Waals surface area contributed by atoms with Gasteiger partial charge in [-0.15, -0.1) is 0 Å². The lowest BCUT2D eigenvalue weighted by atomic mass is 9.83. The summed E-state index contributed by atoms with van der Waals surface area (Å²) in [7, 11) is -3.37. The molecule has 0 radical (unpaired) electrons. The quantitative estimate of drug-likeness (QED) is 0.807. The van der Waals surface area contributed by atoms with Crippen molar-refractivity contribution in [3.8, 4) is 0 Å². The zero-order chi connectivity index (χ0) is 14.6. The van der Waals surface area contributed by atoms with Gasteiger partial charge in [-0.25, -0.2) is 13.1 Å². The number of nitrogens with two attached hydrogens (primary N) is 1. The van der Waals surface area contributed by atoms with Crippen LogP contribution in [-0.4, -0.2) is 28.2 Å². The van der Waals surface area contributed by atoms with Crippen molar-refractivity contribution in [2.24, 2.45) is 5.41 Å². The van der Waals surface area contributed by atoms with Gasteiger partial charge in [0.2, 0.25) is 10.0 Å². The summed E-state index contributed by atoms with van der Waals surface area (Å²) < 4.78 is 32.3. The normalized spacial score (nSPS) is 18.9. The van der Waals surface area contributed by atoms with Crippen molar-refractivity contribution in [1.29, 1.82) is 0 Å². The highest BCUT2D eigenvalue weighted by Crippen LogP contribution is 2.29. The fourth-order valence-electron chi connectivity index (χ4n) is 2.25. The van der Waals surface area contributed by atoms with Crippen LogP contribution < -0.4 is 10.5 Å². The Morgan fingerprint density at radius 3 is 2.60 bits per heavy atom. The van der Waals surface area contributed by atoms with Crippen LogP contribution in [0.15, 0.2) is 24.3 Å². The molecule has 20 heavy (non-hydrogen) atoms. The number of ether oxygens (including phenoxy) is 1. The van der Waals surface area contributed by atoms with Gasteiger partial charge in [-0.05, 0) is 29.9 Å². The molecule has 2 rings (SSSR count). The maximum atomic E-state index is 12.1. The lowest BCUT2D eigenvalue weighted by Crippen LogP contribution is -2.39. The second kappa shape index (κ2) is 6.11. The topological polar surface area (TPSA) is 81.4 Å². The Morgan fingerprint density at radius 2 is 1.95 bits per heavy atom. The molecule has 1 saturated heterocycles. The molecule has 1 aliphatic heterocycles. The smallest absolute Gasteiger partial charge is 0.215 e. The van der Waals surface area contributed by atoms with E-state index >= 15 is 0 Å². The molecule has 1 aromatic rings. The molecule has 5 nitrogen and oxygen atoms in total. The largest absolute Gasteiger partial charge is 0.398 e. The minimum atomic E-state index is -3.37. The van der Waals surface area contributed by atoms with Gasteiger partial charge in [-0.3, -0.25) is 0 Å². The maximum absolute atomic E-state index is 12.1. The van der Waals surface area contributed by atoms with Crippen molar-refractivity contribution in [2.75, 3.05) is 25.5 Å². The summed E-state index contributed by atoms with van der Waals surface area (Å²) in [5, 5.41) is 0. The van der Waals surface area contributed by atoms with E-state index in [1.807, 2.05) is 0 Å². The van der Waals surface area contributed by atoms with Gasteiger partial charge in [0.25, 0.3) is 0 Å². The van der Waals surface area contributed by atoms with Crippen LogP contribution in [0.4, 0.5) is 5.69 Å². The Balaban J connectivity index is 1.96. The minimum absolute atomic E-state index is 0.0203. The average molecular weight is 298 g/mol. The van der Waals surface area contributed by atoms with Crippen molar-refractivity contribution in [1.82, 2.24) is 4.72 Å². The minimum Gasteiger partial charge on any atom is -0.398 e. The number of nitrogens with one attached hydrogen (secondary N) is 1. The third-order valence-electron chi connectivity index (χ3n) is 3.82. The zero-order valence-electron chi connectivity index (χ0n) is 11.8. The van der Waals surface area contributed by atoms with Gasteiger partial charge in [-0.2, -0.15) is 0 Å². The first-order chi connectivity index (χ1) is 9.40. The van der Waals surface area contributed by atoms with Crippen molar-refractivity contribution in [2.45, 2.75) is 25.5 Å². The summed E-state index contributed by atoms with van der Waals surface area (Å²) in [6.07, 6.45) is 1.76. The maximum Gasteiger partial charge on any atom is 0.215 e. The van der Waals surface area contributed by atoms with Crippen LogP contribution >= 0.6 is 0 Å². The first-order valence-corrected chi connectivity index (χ1v) is 8.44. The molecule has 6 heteroatoms. The predicted molar refractivity (Wildman–Crippen MR) is 79.6 cm³/mol. The van der Waals surface area contributed by atoms with E-state index in [0.717, 1.165) is 12.8 Å². The first-order valence-electron chi connectivity index (χ1n) is 6.79. The van der Waals surface area contributed by atoms with E-state index in [0.29, 0.717) is 31.0 Å². The van der Waals surface area contributed by atoms with E-state index in [1.54, 1.807) is 24.3 Å². The van der Waals surface area contributed by atoms with Crippen molar-refractivity contribution < 1.29 is 13.2 Å². The molecular weight excluding hydrogens is 276 g/mol. The van der Waals surface area contributed by atoms with E-state index in [-0.39, 0.29) is 11.2 Å². The third kappa shape index (κ3) is 4.19. The zero-order valence-corrected chi connectivity index (χ0v) is 12.6. The molecule has 0 aromatic heterocycles. The number of hydrogen-bond donors (Lipinski definition) is 2. The predicted octanol–water partition coefficient (Wildman–Crippen LogP) is 1.50. The summed E-state index contributed by atoms with van der Waals surface area (Å²) in [6, 6.07) is 7.04. The Kier molecular flexibility index (Phi) is 4.67. The molecule has 0 spiro atoms. The van der Waals surface area contributed by atoms with E-state index in [1.165, 1.54) is 0 Å². The molecule has 112 valence electrons. The molecule has 0 aliphatic carbocycles. The highest BCUT2D eigenvalue weighted by Gasteiger charge is 2.29. The van der Waals surface area contributed by atoms with Crippen LogP contribution in [0.5, 0.6) is 0 Å². The Labute approximate surface area is 120 Å². The second-order valence-electron chi connectivity index (χ2n) is 5.70. The van der Waals surface area contributed by atoms with Gasteiger partial charge in [0, 0.05) is 25.4 Å². The third-order valence-corrected chi connectivity index (χ3v) is 5.09. The van der Waals surface area contributed by atoms with Gasteiger partial charge in [0.1, 0.15) is 0 Å². The van der Waals surface area contributed by atoms with Crippen molar-refractivity contribution in [3.63, 3.8) is 0 Å². The van der Waals surface area contributed by atoms with Crippen LogP contribution in [0.2, 0.25) is 0 Å². The summed E-state index contributed by atoms with van der Waals surface area (Å²) in [5.41, 5.74) is 6.91. The van der Waals surface area contributed by atoms with E-state index in [4.69, 9.17) is 10.5 Å². The van der Waals surface area contributed by atoms with Crippen molar-refractivity contribution in [3.05, 3.63) is 29.8 Å². The molecule has 0 saturated carbocycles. The number of benzene rings is 1. The number of para-hydroxylation sites is 1. The summed E-state index contributed by atoms with van der Waals surface area (Å²) in [4.78, 5) is 0. The lowest BCUT2D eigenvalue weighted by molar-refractivity contribution is 0.0264. The van der Waals surface area contributed by atoms with Crippen molar-refractivity contribution >= 4 is 15.7 Å². The molecule has 0 atom stereocenters. The molecule has 1 aliphatic rings. The molecule has 1 aromatic carbocycles. The Bertz CT molecular complexity index is 551. The molecule has 3 N–H and O–H groups in total. The van der Waals surface area contributed by atoms with Gasteiger partial charge in [0.15, 0.2) is 0 Å². The van der Waals surface area contributed by atoms with Crippen LogP contribution in [0.1, 0.15) is 25.3 Å². The highest BCUT2D eigenvalue weighted by atomic mass is 32.2. The number of sulfonamides is 1. The fourth-order valence-corrected chi connectivity index (χ4v) is 3.59. The fraction of sp³-hybridized carbons (Fsp3) is 0.571. The molecule has 1 heterocycles. The van der Waals surface area contributed by atoms with E-state index in [2.05, 4.69) is 11.6 Å². The Morgan fingerprint density at radius 1 is 1.30 bits per heavy atom. The van der Waals surface area contributed by atoms with Crippen LogP contribution in [0, 0.1) is 5.41 Å². The molecule has 1 fully saturated rings. The van der Waals surface area contributed by atoms with Gasteiger partial charge >= 0.3 is 0 Å². The molecule has 0 amide bonds. The first kappa shape index (κ1) is 15.3. The van der Waals surface area contributed by atoms with Gasteiger partial charge < -0.3 is 10.5 Å². The summed E-state index contributed by atoms with van der Waals surface area (Å²) in [5.74, 6) is -0.0771. The SMILES string of the molecule is CC1(CNS(=O)(=O)Cc2ccccc2N)CCOCC1. The van der Waals surface area contributed by atoms with Crippen LogP contribution in [0.3, 0.4) is 0 Å². The number of hydrogen-bond acceptors (Lipinski definition) is 4. The number of nitrogen functional groups attached to an aromatic ring is 1. The van der Waals surface area contributed by atoms with Crippen LogP contribution in [0.25, 0.3) is 0 Å². The lowest BCUT2D eigenvalue weighted by Gasteiger charge is -2.33. The van der Waals surface area contributed by atoms with Gasteiger partial charge in [0.05, 0.1) is 5.75 Å². The number of anilines is 1. The highest BCUT2D eigenvalue weighted by molar-refractivity contribution is 7.88. The van der Waals surface area contributed by atoms with E-state index in [9.17, 15) is 8.42 Å². The number of rotatable bonds is 5.